The maximum atomic E-state index is 12.5. The van der Waals surface area contributed by atoms with Crippen LogP contribution in [0.15, 0.2) is 21.5 Å². The second-order valence-electron chi connectivity index (χ2n) is 5.09. The average Bonchev–Trinajstić information content (AvgIpc) is 2.47. The molecule has 0 aliphatic carbocycles. The van der Waals surface area contributed by atoms with Crippen LogP contribution in [0.4, 0.5) is 0 Å². The molecule has 0 bridgehead atoms. The molecule has 1 aromatic carbocycles. The lowest BCUT2D eigenvalue weighted by atomic mass is 10.1. The number of benzene rings is 1. The van der Waals surface area contributed by atoms with Crippen molar-refractivity contribution >= 4 is 26.0 Å². The Balaban J connectivity index is 1.87. The van der Waals surface area contributed by atoms with Crippen LogP contribution in [0.5, 0.6) is 11.5 Å². The molecule has 6 nitrogen and oxygen atoms in total. The summed E-state index contributed by atoms with van der Waals surface area (Å²) < 4.78 is 39.2. The van der Waals surface area contributed by atoms with E-state index in [1.165, 1.54) is 6.07 Å². The molecule has 0 radical (unpaired) electrons. The Morgan fingerprint density at radius 1 is 1.24 bits per heavy atom. The summed E-state index contributed by atoms with van der Waals surface area (Å²) in [7, 11) is -3.60. The van der Waals surface area contributed by atoms with Crippen molar-refractivity contribution in [2.45, 2.75) is 23.8 Å². The van der Waals surface area contributed by atoms with Gasteiger partial charge in [0.1, 0.15) is 18.1 Å². The van der Waals surface area contributed by atoms with E-state index in [1.54, 1.807) is 6.07 Å². The van der Waals surface area contributed by atoms with Gasteiger partial charge in [0, 0.05) is 23.1 Å². The zero-order chi connectivity index (χ0) is 14.9. The third-order valence-electron chi connectivity index (χ3n) is 3.50. The molecule has 3 rings (SSSR count). The Bertz CT molecular complexity index is 629. The summed E-state index contributed by atoms with van der Waals surface area (Å²) in [6, 6.07) is 3.07. The minimum Gasteiger partial charge on any atom is -0.486 e. The van der Waals surface area contributed by atoms with Crippen molar-refractivity contribution in [2.24, 2.45) is 0 Å². The largest absolute Gasteiger partial charge is 0.486 e. The second kappa shape index (κ2) is 6.12. The van der Waals surface area contributed by atoms with E-state index in [0.29, 0.717) is 35.7 Å². The molecule has 2 aliphatic rings. The van der Waals surface area contributed by atoms with Crippen molar-refractivity contribution in [1.82, 2.24) is 10.0 Å². The van der Waals surface area contributed by atoms with Crippen molar-refractivity contribution in [3.05, 3.63) is 16.6 Å². The maximum absolute atomic E-state index is 12.5. The summed E-state index contributed by atoms with van der Waals surface area (Å²) in [6.07, 6.45) is 1.81. The van der Waals surface area contributed by atoms with Crippen LogP contribution in [0.2, 0.25) is 0 Å². The van der Waals surface area contributed by atoms with Crippen molar-refractivity contribution in [2.75, 3.05) is 26.3 Å². The van der Waals surface area contributed by atoms with Gasteiger partial charge in [0.05, 0.1) is 0 Å². The minimum absolute atomic E-state index is 0.0798. The number of rotatable bonds is 3. The van der Waals surface area contributed by atoms with Crippen LogP contribution in [-0.2, 0) is 10.0 Å². The van der Waals surface area contributed by atoms with Crippen molar-refractivity contribution in [3.63, 3.8) is 0 Å². The van der Waals surface area contributed by atoms with E-state index in [0.717, 1.165) is 19.4 Å². The number of hydrogen-bond acceptors (Lipinski definition) is 5. The number of fused-ring (bicyclic) bond motifs is 1. The molecule has 1 fully saturated rings. The molecule has 8 heteroatoms. The highest BCUT2D eigenvalue weighted by atomic mass is 79.9. The van der Waals surface area contributed by atoms with Gasteiger partial charge in [0.15, 0.2) is 11.5 Å². The SMILES string of the molecule is O=S(=O)(NC1CCCNC1)c1cc2c(cc1Br)OCCO2. The summed E-state index contributed by atoms with van der Waals surface area (Å²) in [5, 5.41) is 3.19. The van der Waals surface area contributed by atoms with Crippen LogP contribution >= 0.6 is 15.9 Å². The second-order valence-corrected chi connectivity index (χ2v) is 7.63. The number of hydrogen-bond donors (Lipinski definition) is 2. The normalized spacial score (nSPS) is 22.0. The Morgan fingerprint density at radius 2 is 1.95 bits per heavy atom. The molecule has 1 aromatic rings. The minimum atomic E-state index is -3.60. The zero-order valence-electron chi connectivity index (χ0n) is 11.4. The highest BCUT2D eigenvalue weighted by Gasteiger charge is 2.26. The molecule has 0 spiro atoms. The lowest BCUT2D eigenvalue weighted by Crippen LogP contribution is -2.45. The van der Waals surface area contributed by atoms with E-state index < -0.39 is 10.0 Å². The number of halogens is 1. The van der Waals surface area contributed by atoms with E-state index in [2.05, 4.69) is 26.0 Å². The van der Waals surface area contributed by atoms with Crippen molar-refractivity contribution in [3.8, 4) is 11.5 Å². The van der Waals surface area contributed by atoms with Gasteiger partial charge >= 0.3 is 0 Å². The van der Waals surface area contributed by atoms with Crippen LogP contribution in [0.1, 0.15) is 12.8 Å². The predicted molar refractivity (Wildman–Crippen MR) is 81.3 cm³/mol. The quantitative estimate of drug-likeness (QED) is 0.829. The lowest BCUT2D eigenvalue weighted by molar-refractivity contribution is 0.171. The molecular weight excluding hydrogens is 360 g/mol. The highest BCUT2D eigenvalue weighted by Crippen LogP contribution is 2.37. The third-order valence-corrected chi connectivity index (χ3v) is 5.98. The molecule has 1 atom stereocenters. The molecule has 1 saturated heterocycles. The topological polar surface area (TPSA) is 76.7 Å². The summed E-state index contributed by atoms with van der Waals surface area (Å²) in [5.74, 6) is 1.03. The van der Waals surface area contributed by atoms with E-state index in [1.807, 2.05) is 0 Å². The molecule has 116 valence electrons. The van der Waals surface area contributed by atoms with Crippen LogP contribution in [0.25, 0.3) is 0 Å². The Morgan fingerprint density at radius 3 is 2.62 bits per heavy atom. The zero-order valence-corrected chi connectivity index (χ0v) is 13.8. The van der Waals surface area contributed by atoms with E-state index in [4.69, 9.17) is 9.47 Å². The van der Waals surface area contributed by atoms with E-state index >= 15 is 0 Å². The monoisotopic (exact) mass is 376 g/mol. The summed E-state index contributed by atoms with van der Waals surface area (Å²) in [5.41, 5.74) is 0. The third kappa shape index (κ3) is 3.33. The average molecular weight is 377 g/mol. The summed E-state index contributed by atoms with van der Waals surface area (Å²) in [4.78, 5) is 0.178. The number of sulfonamides is 1. The standard InChI is InChI=1S/C13H17BrN2O4S/c14-10-6-11-12(20-5-4-19-11)7-13(10)21(17,18)16-9-2-1-3-15-8-9/h6-7,9,15-16H,1-5,8H2. The Kier molecular flexibility index (Phi) is 4.39. The van der Waals surface area contributed by atoms with Crippen LogP contribution in [0, 0.1) is 0 Å². The first-order chi connectivity index (χ1) is 10.1. The first-order valence-corrected chi connectivity index (χ1v) is 9.16. The Labute approximate surface area is 132 Å². The molecule has 2 N–H and O–H groups in total. The van der Waals surface area contributed by atoms with Crippen molar-refractivity contribution in [1.29, 1.82) is 0 Å². The van der Waals surface area contributed by atoms with E-state index in [9.17, 15) is 8.42 Å². The molecule has 21 heavy (non-hydrogen) atoms. The van der Waals surface area contributed by atoms with Crippen LogP contribution in [-0.4, -0.2) is 40.8 Å². The van der Waals surface area contributed by atoms with Gasteiger partial charge in [-0.25, -0.2) is 13.1 Å². The maximum Gasteiger partial charge on any atom is 0.242 e. The van der Waals surface area contributed by atoms with Gasteiger partial charge in [0.25, 0.3) is 0 Å². The highest BCUT2D eigenvalue weighted by molar-refractivity contribution is 9.10. The molecule has 2 aliphatic heterocycles. The van der Waals surface area contributed by atoms with Crippen molar-refractivity contribution < 1.29 is 17.9 Å². The van der Waals surface area contributed by atoms with Gasteiger partial charge in [-0.1, -0.05) is 0 Å². The van der Waals surface area contributed by atoms with Gasteiger partial charge in [-0.05, 0) is 41.4 Å². The van der Waals surface area contributed by atoms with Gasteiger partial charge in [-0.2, -0.15) is 0 Å². The molecule has 1 unspecified atom stereocenters. The fourth-order valence-electron chi connectivity index (χ4n) is 2.49. The van der Waals surface area contributed by atoms with Gasteiger partial charge in [-0.15, -0.1) is 0 Å². The number of ether oxygens (including phenoxy) is 2. The summed E-state index contributed by atoms with van der Waals surface area (Å²) >= 11 is 3.31. The van der Waals surface area contributed by atoms with Gasteiger partial charge in [-0.3, -0.25) is 0 Å². The molecule has 0 saturated carbocycles. The fraction of sp³-hybridized carbons (Fsp3) is 0.538. The van der Waals surface area contributed by atoms with Gasteiger partial charge < -0.3 is 14.8 Å². The lowest BCUT2D eigenvalue weighted by Gasteiger charge is -2.24. The Hall–Kier alpha value is -0.830. The van der Waals surface area contributed by atoms with Crippen LogP contribution in [0.3, 0.4) is 0 Å². The number of nitrogens with one attached hydrogen (secondary N) is 2. The first kappa shape index (κ1) is 15.1. The van der Waals surface area contributed by atoms with Gasteiger partial charge in [0.2, 0.25) is 10.0 Å². The smallest absolute Gasteiger partial charge is 0.242 e. The number of piperidine rings is 1. The molecule has 0 amide bonds. The predicted octanol–water partition coefficient (Wildman–Crippen LogP) is 1.25. The first-order valence-electron chi connectivity index (χ1n) is 6.88. The molecular formula is C13H17BrN2O4S. The fourth-order valence-corrected chi connectivity index (χ4v) is 4.79. The summed E-state index contributed by atoms with van der Waals surface area (Å²) in [6.45, 7) is 2.49. The molecule has 2 heterocycles. The van der Waals surface area contributed by atoms with E-state index in [-0.39, 0.29) is 10.9 Å². The molecule has 0 aromatic heterocycles. The van der Waals surface area contributed by atoms with Crippen LogP contribution < -0.4 is 19.5 Å².